The summed E-state index contributed by atoms with van der Waals surface area (Å²) < 4.78 is 27.3. The first-order valence-electron chi connectivity index (χ1n) is 4.97. The van der Waals surface area contributed by atoms with Gasteiger partial charge >= 0.3 is 5.25 Å². The van der Waals surface area contributed by atoms with E-state index in [1.54, 1.807) is 38.4 Å². The second-order valence-electron chi connectivity index (χ2n) is 3.94. The average Bonchev–Trinajstić information content (AvgIpc) is 2.55. The van der Waals surface area contributed by atoms with Crippen LogP contribution in [0.25, 0.3) is 0 Å². The van der Waals surface area contributed by atoms with E-state index in [-0.39, 0.29) is 0 Å². The Morgan fingerprint density at radius 2 is 1.88 bits per heavy atom. The minimum Gasteiger partial charge on any atom is -0.282 e. The molecule has 0 fully saturated rings. The van der Waals surface area contributed by atoms with Crippen LogP contribution in [0.2, 0.25) is 5.02 Å². The van der Waals surface area contributed by atoms with Crippen molar-refractivity contribution >= 4 is 28.4 Å². The number of aliphatic imine (C=N–C) groups is 1. The summed E-state index contributed by atoms with van der Waals surface area (Å²) in [5.41, 5.74) is 0.670. The van der Waals surface area contributed by atoms with Crippen LogP contribution >= 0.6 is 23.4 Å². The first-order valence-corrected chi connectivity index (χ1v) is 6.16. The molecule has 0 spiro atoms. The van der Waals surface area contributed by atoms with E-state index in [1.165, 1.54) is 4.90 Å². The number of halogens is 3. The van der Waals surface area contributed by atoms with Crippen molar-refractivity contribution in [3.05, 3.63) is 34.9 Å². The first kappa shape index (κ1) is 12.8. The molecular weight excluding hydrogens is 266 g/mol. The molecule has 1 aliphatic rings. The van der Waals surface area contributed by atoms with Crippen molar-refractivity contribution < 1.29 is 8.78 Å². The Labute approximate surface area is 108 Å². The highest BCUT2D eigenvalue weighted by atomic mass is 35.5. The standard InChI is InChI=1S/C11H11ClF2N2S/c1-16(2)10-11(13,14)17-9(15-10)7-3-5-8(12)6-4-7/h3-6,10H,1-2H3. The average molecular weight is 277 g/mol. The molecule has 0 aromatic heterocycles. The van der Waals surface area contributed by atoms with Gasteiger partial charge in [0, 0.05) is 10.6 Å². The summed E-state index contributed by atoms with van der Waals surface area (Å²) in [4.78, 5) is 5.47. The van der Waals surface area contributed by atoms with E-state index in [2.05, 4.69) is 4.99 Å². The van der Waals surface area contributed by atoms with Crippen LogP contribution in [0.4, 0.5) is 8.78 Å². The van der Waals surface area contributed by atoms with E-state index in [9.17, 15) is 8.78 Å². The summed E-state index contributed by atoms with van der Waals surface area (Å²) in [6, 6.07) is 6.73. The van der Waals surface area contributed by atoms with Crippen molar-refractivity contribution in [2.24, 2.45) is 4.99 Å². The van der Waals surface area contributed by atoms with Crippen LogP contribution in [0.3, 0.4) is 0 Å². The number of hydrogen-bond donors (Lipinski definition) is 0. The Kier molecular flexibility index (Phi) is 3.43. The maximum atomic E-state index is 13.7. The minimum absolute atomic E-state index is 0.352. The fourth-order valence-corrected chi connectivity index (χ4v) is 2.70. The monoisotopic (exact) mass is 276 g/mol. The lowest BCUT2D eigenvalue weighted by atomic mass is 10.2. The lowest BCUT2D eigenvalue weighted by molar-refractivity contribution is 0.0244. The third kappa shape index (κ3) is 2.61. The zero-order valence-electron chi connectivity index (χ0n) is 9.32. The van der Waals surface area contributed by atoms with Crippen LogP contribution < -0.4 is 0 Å². The molecule has 0 saturated heterocycles. The smallest absolute Gasteiger partial charge is 0.282 e. The number of thioether (sulfide) groups is 1. The van der Waals surface area contributed by atoms with Crippen LogP contribution in [0.1, 0.15) is 5.56 Å². The Morgan fingerprint density at radius 3 is 2.35 bits per heavy atom. The maximum absolute atomic E-state index is 13.7. The predicted molar refractivity (Wildman–Crippen MR) is 68.0 cm³/mol. The summed E-state index contributed by atoms with van der Waals surface area (Å²) in [6.07, 6.45) is -1.11. The molecule has 0 aliphatic carbocycles. The van der Waals surface area contributed by atoms with Crippen molar-refractivity contribution in [2.75, 3.05) is 14.1 Å². The van der Waals surface area contributed by atoms with Gasteiger partial charge in [-0.05, 0) is 38.0 Å². The molecule has 0 bridgehead atoms. The number of nitrogens with zero attached hydrogens (tertiary/aromatic N) is 2. The largest absolute Gasteiger partial charge is 0.334 e. The van der Waals surface area contributed by atoms with Gasteiger partial charge in [0.2, 0.25) is 0 Å². The summed E-state index contributed by atoms with van der Waals surface area (Å²) in [7, 11) is 3.18. The number of rotatable bonds is 2. The third-order valence-corrected chi connectivity index (χ3v) is 3.62. The van der Waals surface area contributed by atoms with Gasteiger partial charge in [0.15, 0.2) is 6.17 Å². The molecule has 2 rings (SSSR count). The first-order chi connectivity index (χ1) is 7.90. The molecule has 1 aromatic rings. The second-order valence-corrected chi connectivity index (χ2v) is 5.51. The van der Waals surface area contributed by atoms with E-state index in [0.29, 0.717) is 27.4 Å². The van der Waals surface area contributed by atoms with Crippen LogP contribution in [0, 0.1) is 0 Å². The molecule has 0 radical (unpaired) electrons. The van der Waals surface area contributed by atoms with Gasteiger partial charge in [-0.15, -0.1) is 0 Å². The van der Waals surface area contributed by atoms with Gasteiger partial charge < -0.3 is 0 Å². The van der Waals surface area contributed by atoms with Crippen LogP contribution in [-0.2, 0) is 0 Å². The topological polar surface area (TPSA) is 15.6 Å². The fourth-order valence-electron chi connectivity index (χ4n) is 1.54. The quantitative estimate of drug-likeness (QED) is 0.823. The molecule has 1 heterocycles. The summed E-state index contributed by atoms with van der Waals surface area (Å²) >= 11 is 6.25. The van der Waals surface area contributed by atoms with Gasteiger partial charge in [-0.1, -0.05) is 23.7 Å². The van der Waals surface area contributed by atoms with Gasteiger partial charge in [-0.3, -0.25) is 9.89 Å². The highest BCUT2D eigenvalue weighted by Crippen LogP contribution is 2.43. The molecule has 1 atom stereocenters. The highest BCUT2D eigenvalue weighted by molar-refractivity contribution is 8.15. The lowest BCUT2D eigenvalue weighted by Gasteiger charge is -2.21. The number of alkyl halides is 2. The maximum Gasteiger partial charge on any atom is 0.334 e. The number of hydrogen-bond acceptors (Lipinski definition) is 3. The Morgan fingerprint density at radius 1 is 1.29 bits per heavy atom. The SMILES string of the molecule is CN(C)C1N=C(c2ccc(Cl)cc2)SC1(F)F. The van der Waals surface area contributed by atoms with E-state index in [1.807, 2.05) is 0 Å². The van der Waals surface area contributed by atoms with Crippen molar-refractivity contribution in [1.82, 2.24) is 4.90 Å². The second kappa shape index (κ2) is 4.55. The normalized spacial score (nSPS) is 22.9. The Hall–Kier alpha value is -0.650. The van der Waals surface area contributed by atoms with E-state index < -0.39 is 11.4 Å². The molecule has 92 valence electrons. The van der Waals surface area contributed by atoms with Crippen LogP contribution in [0.5, 0.6) is 0 Å². The molecule has 0 N–H and O–H groups in total. The highest BCUT2D eigenvalue weighted by Gasteiger charge is 2.48. The molecule has 1 aliphatic heterocycles. The summed E-state index contributed by atoms with van der Waals surface area (Å²) in [5, 5.41) is -1.96. The molecular formula is C11H11ClF2N2S. The molecule has 1 aromatic carbocycles. The van der Waals surface area contributed by atoms with Gasteiger partial charge in [0.1, 0.15) is 5.04 Å². The molecule has 6 heteroatoms. The van der Waals surface area contributed by atoms with Crippen LogP contribution in [0.15, 0.2) is 29.3 Å². The molecule has 17 heavy (non-hydrogen) atoms. The van der Waals surface area contributed by atoms with Crippen molar-refractivity contribution in [3.8, 4) is 0 Å². The van der Waals surface area contributed by atoms with Gasteiger partial charge in [0.05, 0.1) is 0 Å². The third-order valence-electron chi connectivity index (χ3n) is 2.35. The molecule has 0 amide bonds. The van der Waals surface area contributed by atoms with Crippen LogP contribution in [-0.4, -0.2) is 35.5 Å². The lowest BCUT2D eigenvalue weighted by Crippen LogP contribution is -2.37. The molecule has 1 unspecified atom stereocenters. The number of benzene rings is 1. The zero-order chi connectivity index (χ0) is 12.6. The van der Waals surface area contributed by atoms with Gasteiger partial charge in [-0.2, -0.15) is 8.78 Å². The van der Waals surface area contributed by atoms with E-state index in [0.717, 1.165) is 0 Å². The van der Waals surface area contributed by atoms with Crippen molar-refractivity contribution in [2.45, 2.75) is 11.4 Å². The van der Waals surface area contributed by atoms with Crippen molar-refractivity contribution in [3.63, 3.8) is 0 Å². The van der Waals surface area contributed by atoms with Gasteiger partial charge in [0.25, 0.3) is 0 Å². The van der Waals surface area contributed by atoms with E-state index >= 15 is 0 Å². The van der Waals surface area contributed by atoms with Crippen molar-refractivity contribution in [1.29, 1.82) is 0 Å². The van der Waals surface area contributed by atoms with E-state index in [4.69, 9.17) is 11.6 Å². The Bertz CT molecular complexity index is 445. The summed E-state index contributed by atoms with van der Waals surface area (Å²) in [5.74, 6) is 0. The molecule has 2 nitrogen and oxygen atoms in total. The Balaban J connectivity index is 2.30. The predicted octanol–water partition coefficient (Wildman–Crippen LogP) is 3.31. The molecule has 0 saturated carbocycles. The summed E-state index contributed by atoms with van der Waals surface area (Å²) in [6.45, 7) is 0. The van der Waals surface area contributed by atoms with Gasteiger partial charge in [-0.25, -0.2) is 0 Å². The fraction of sp³-hybridized carbons (Fsp3) is 0.364. The zero-order valence-corrected chi connectivity index (χ0v) is 10.9. The minimum atomic E-state index is -2.89.